The molecule has 15 heteroatoms. The largest absolute Gasteiger partial charge is 0.476 e. The molecule has 3 aromatic rings. The molecule has 46 heavy (non-hydrogen) atoms. The number of piperazine rings is 1. The highest BCUT2D eigenvalue weighted by Gasteiger charge is 2.26. The fourth-order valence-corrected chi connectivity index (χ4v) is 5.75. The predicted octanol–water partition coefficient (Wildman–Crippen LogP) is 2.80. The molecule has 5 rings (SSSR count). The highest BCUT2D eigenvalue weighted by Crippen LogP contribution is 2.30. The number of carbonyl (C=O) groups excluding carboxylic acids is 3. The van der Waals surface area contributed by atoms with Gasteiger partial charge in [0.15, 0.2) is 24.0 Å². The summed E-state index contributed by atoms with van der Waals surface area (Å²) in [6, 6.07) is 8.60. The zero-order chi connectivity index (χ0) is 32.8. The number of anilines is 1. The van der Waals surface area contributed by atoms with E-state index < -0.39 is 29.9 Å². The number of carbonyl (C=O) groups is 3. The quantitative estimate of drug-likeness (QED) is 0.303. The van der Waals surface area contributed by atoms with Gasteiger partial charge in [0.05, 0.1) is 28.5 Å². The monoisotopic (exact) mass is 654 g/mol. The van der Waals surface area contributed by atoms with E-state index >= 15 is 0 Å². The third kappa shape index (κ3) is 7.28. The molecular weight excluding hydrogens is 622 g/mol. The van der Waals surface area contributed by atoms with Crippen LogP contribution in [0.4, 0.5) is 14.5 Å². The van der Waals surface area contributed by atoms with Crippen LogP contribution in [0.2, 0.25) is 5.02 Å². The van der Waals surface area contributed by atoms with Gasteiger partial charge in [0.25, 0.3) is 11.8 Å². The first kappa shape index (κ1) is 32.8. The number of aromatic nitrogens is 2. The van der Waals surface area contributed by atoms with Crippen LogP contribution >= 0.6 is 11.6 Å². The van der Waals surface area contributed by atoms with Crippen LogP contribution in [0.25, 0.3) is 11.3 Å². The lowest BCUT2D eigenvalue weighted by molar-refractivity contribution is -0.122. The normalized spacial score (nSPS) is 16.6. The first-order valence-electron chi connectivity index (χ1n) is 14.8. The average Bonchev–Trinajstić information content (AvgIpc) is 3.73. The molecule has 0 aliphatic carbocycles. The van der Waals surface area contributed by atoms with E-state index in [1.807, 2.05) is 0 Å². The van der Waals surface area contributed by atoms with Gasteiger partial charge in [0, 0.05) is 57.6 Å². The summed E-state index contributed by atoms with van der Waals surface area (Å²) in [5.41, 5.74) is 0.597. The van der Waals surface area contributed by atoms with Crippen molar-refractivity contribution in [2.24, 2.45) is 7.05 Å². The maximum absolute atomic E-state index is 14.8. The number of benzene rings is 2. The average molecular weight is 655 g/mol. The minimum atomic E-state index is -1.26. The topological polar surface area (TPSA) is 145 Å². The molecule has 2 aliphatic heterocycles. The number of ether oxygens (including phenoxy) is 1. The Morgan fingerprint density at radius 1 is 1.15 bits per heavy atom. The van der Waals surface area contributed by atoms with Gasteiger partial charge in [-0.25, -0.2) is 9.37 Å². The van der Waals surface area contributed by atoms with E-state index in [-0.39, 0.29) is 40.0 Å². The lowest BCUT2D eigenvalue weighted by Gasteiger charge is -2.35. The summed E-state index contributed by atoms with van der Waals surface area (Å²) in [5, 5.41) is 17.6. The van der Waals surface area contributed by atoms with E-state index in [4.69, 9.17) is 21.6 Å². The number of nitriles is 1. The molecule has 2 saturated heterocycles. The van der Waals surface area contributed by atoms with Crippen LogP contribution in [-0.4, -0.2) is 95.5 Å². The van der Waals surface area contributed by atoms with Crippen molar-refractivity contribution in [2.75, 3.05) is 57.7 Å². The molecule has 2 aliphatic rings. The van der Waals surface area contributed by atoms with Crippen LogP contribution in [0.15, 0.2) is 36.5 Å². The molecule has 1 atom stereocenters. The number of hydrogen-bond donors (Lipinski definition) is 3. The summed E-state index contributed by atoms with van der Waals surface area (Å²) in [7, 11) is 1.48. The summed E-state index contributed by atoms with van der Waals surface area (Å²) in [5.74, 6) is -3.78. The molecule has 0 spiro atoms. The maximum atomic E-state index is 14.8. The molecule has 0 saturated carbocycles. The Balaban J connectivity index is 1.15. The fourth-order valence-electron chi connectivity index (χ4n) is 5.49. The third-order valence-electron chi connectivity index (χ3n) is 8.03. The van der Waals surface area contributed by atoms with Crippen molar-refractivity contribution in [1.82, 2.24) is 30.0 Å². The predicted molar refractivity (Wildman–Crippen MR) is 165 cm³/mol. The number of halogens is 3. The number of imidazole rings is 1. The Kier molecular flexibility index (Phi) is 10.5. The first-order valence-corrected chi connectivity index (χ1v) is 15.2. The number of hydrogen-bond acceptors (Lipinski definition) is 8. The zero-order valence-corrected chi connectivity index (χ0v) is 25.9. The lowest BCUT2D eigenvalue weighted by Crippen LogP contribution is -2.51. The van der Waals surface area contributed by atoms with Gasteiger partial charge in [-0.1, -0.05) is 11.6 Å². The van der Waals surface area contributed by atoms with Crippen molar-refractivity contribution in [2.45, 2.75) is 18.9 Å². The van der Waals surface area contributed by atoms with Crippen molar-refractivity contribution in [1.29, 1.82) is 5.26 Å². The van der Waals surface area contributed by atoms with Crippen LogP contribution in [0.5, 0.6) is 5.75 Å². The standard InChI is InChI=1S/C31H33ClF2N8O4/c1-40-24(21-6-7-25(46-16-8-35)27(34)26(21)33)18-38-28(40)30(44)39-19-4-5-20(22(32)17-19)31(45)42-14-12-41(13-15-42)11-10-37-29(43)23-3-2-9-36-23/h4-7,17-18,23,36H,2-3,9-16H2,1H3,(H,37,43)(H,39,44)/t23-/m0/s1. The summed E-state index contributed by atoms with van der Waals surface area (Å²) >= 11 is 6.47. The van der Waals surface area contributed by atoms with Crippen molar-refractivity contribution >= 4 is 35.0 Å². The number of amides is 3. The Morgan fingerprint density at radius 3 is 2.63 bits per heavy atom. The maximum Gasteiger partial charge on any atom is 0.291 e. The van der Waals surface area contributed by atoms with Gasteiger partial charge in [-0.3, -0.25) is 19.3 Å². The smallest absolute Gasteiger partial charge is 0.291 e. The summed E-state index contributed by atoms with van der Waals surface area (Å²) in [6.45, 7) is 4.01. The van der Waals surface area contributed by atoms with Gasteiger partial charge >= 0.3 is 0 Å². The molecule has 2 fully saturated rings. The third-order valence-corrected chi connectivity index (χ3v) is 8.34. The number of rotatable bonds is 10. The fraction of sp³-hybridized carbons (Fsp3) is 0.387. The van der Waals surface area contributed by atoms with Crippen LogP contribution in [0, 0.1) is 23.0 Å². The molecule has 3 heterocycles. The van der Waals surface area contributed by atoms with E-state index in [1.54, 1.807) is 17.0 Å². The van der Waals surface area contributed by atoms with E-state index in [2.05, 4.69) is 25.8 Å². The summed E-state index contributed by atoms with van der Waals surface area (Å²) in [6.07, 6.45) is 3.10. The van der Waals surface area contributed by atoms with Crippen molar-refractivity contribution < 1.29 is 27.9 Å². The molecule has 2 aromatic carbocycles. The highest BCUT2D eigenvalue weighted by molar-refractivity contribution is 6.34. The minimum Gasteiger partial charge on any atom is -0.476 e. The molecule has 0 unspecified atom stereocenters. The van der Waals surface area contributed by atoms with E-state index in [1.165, 1.54) is 42.1 Å². The molecular formula is C31H33ClF2N8O4. The molecule has 3 N–H and O–H groups in total. The molecule has 3 amide bonds. The first-order chi connectivity index (χ1) is 22.2. The van der Waals surface area contributed by atoms with Gasteiger partial charge in [-0.2, -0.15) is 9.65 Å². The molecule has 12 nitrogen and oxygen atoms in total. The second kappa shape index (κ2) is 14.7. The Hall–Kier alpha value is -4.58. The molecule has 1 aromatic heterocycles. The second-order valence-corrected chi connectivity index (χ2v) is 11.3. The van der Waals surface area contributed by atoms with Crippen molar-refractivity contribution in [3.8, 4) is 23.1 Å². The summed E-state index contributed by atoms with van der Waals surface area (Å²) in [4.78, 5) is 46.4. The molecule has 0 radical (unpaired) electrons. The van der Waals surface area contributed by atoms with Gasteiger partial charge in [-0.15, -0.1) is 0 Å². The van der Waals surface area contributed by atoms with Crippen LogP contribution in [-0.2, 0) is 11.8 Å². The van der Waals surface area contributed by atoms with E-state index in [0.717, 1.165) is 19.4 Å². The molecule has 242 valence electrons. The van der Waals surface area contributed by atoms with Gasteiger partial charge in [0.2, 0.25) is 11.7 Å². The van der Waals surface area contributed by atoms with Gasteiger partial charge in [0.1, 0.15) is 6.07 Å². The SMILES string of the molecule is Cn1c(-c2ccc(OCC#N)c(F)c2F)cnc1C(=O)Nc1ccc(C(=O)N2CCN(CCNC(=O)[C@@H]3CCCN3)CC2)c(Cl)c1. The minimum absolute atomic E-state index is 0.0310. The second-order valence-electron chi connectivity index (χ2n) is 10.9. The van der Waals surface area contributed by atoms with Crippen molar-refractivity contribution in [3.05, 3.63) is 64.6 Å². The summed E-state index contributed by atoms with van der Waals surface area (Å²) < 4.78 is 35.5. The Morgan fingerprint density at radius 2 is 1.93 bits per heavy atom. The zero-order valence-electron chi connectivity index (χ0n) is 25.1. The lowest BCUT2D eigenvalue weighted by atomic mass is 10.1. The van der Waals surface area contributed by atoms with E-state index in [0.29, 0.717) is 50.5 Å². The van der Waals surface area contributed by atoms with Crippen molar-refractivity contribution in [3.63, 3.8) is 0 Å². The molecule has 0 bridgehead atoms. The van der Waals surface area contributed by atoms with Crippen LogP contribution in [0.3, 0.4) is 0 Å². The number of nitrogens with one attached hydrogen (secondary N) is 3. The van der Waals surface area contributed by atoms with Crippen LogP contribution < -0.4 is 20.7 Å². The van der Waals surface area contributed by atoms with Gasteiger partial charge < -0.3 is 30.2 Å². The van der Waals surface area contributed by atoms with Crippen LogP contribution in [0.1, 0.15) is 33.8 Å². The Labute approximate surface area is 269 Å². The van der Waals surface area contributed by atoms with E-state index in [9.17, 15) is 23.2 Å². The number of nitrogens with zero attached hydrogens (tertiary/aromatic N) is 5. The van der Waals surface area contributed by atoms with Gasteiger partial charge in [-0.05, 0) is 49.7 Å². The highest BCUT2D eigenvalue weighted by atomic mass is 35.5. The Bertz CT molecular complexity index is 1660.